The number of phenolic OH excluding ortho intramolecular Hbond substituents is 1. The molecule has 1 aromatic heterocycles. The van der Waals surface area contributed by atoms with Gasteiger partial charge in [-0.1, -0.05) is 17.3 Å². The Kier molecular flexibility index (Phi) is 4.62. The lowest BCUT2D eigenvalue weighted by molar-refractivity contribution is -0.116. The Bertz CT molecular complexity index is 666. The summed E-state index contributed by atoms with van der Waals surface area (Å²) in [4.78, 5) is 14.3. The van der Waals surface area contributed by atoms with Crippen LogP contribution in [0.1, 0.15) is 36.6 Å². The van der Waals surface area contributed by atoms with Gasteiger partial charge in [-0.15, -0.1) is 0 Å². The Hall–Kier alpha value is -2.34. The fraction of sp³-hybridized carbons (Fsp3) is 0.412. The Labute approximate surface area is 135 Å². The van der Waals surface area contributed by atoms with E-state index in [0.29, 0.717) is 30.6 Å². The van der Waals surface area contributed by atoms with Gasteiger partial charge in [-0.05, 0) is 44.0 Å². The zero-order valence-corrected chi connectivity index (χ0v) is 13.2. The maximum atomic E-state index is 12.0. The highest BCUT2D eigenvalue weighted by atomic mass is 16.5. The number of nitrogens with zero attached hydrogens (tertiary/aromatic N) is 2. The van der Waals surface area contributed by atoms with Gasteiger partial charge in [0.25, 0.3) is 0 Å². The molecule has 1 amide bonds. The topological polar surface area (TPSA) is 78.6 Å². The second kappa shape index (κ2) is 6.83. The quantitative estimate of drug-likeness (QED) is 0.887. The number of carbonyl (C=O) groups is 1. The van der Waals surface area contributed by atoms with Gasteiger partial charge in [0, 0.05) is 25.1 Å². The summed E-state index contributed by atoms with van der Waals surface area (Å²) < 4.78 is 4.93. The molecule has 0 saturated carbocycles. The summed E-state index contributed by atoms with van der Waals surface area (Å²) in [5.74, 6) is 1.35. The fourth-order valence-corrected chi connectivity index (χ4v) is 3.04. The second-order valence-electron chi connectivity index (χ2n) is 5.91. The van der Waals surface area contributed by atoms with Crippen molar-refractivity contribution < 1.29 is 14.4 Å². The van der Waals surface area contributed by atoms with E-state index in [1.54, 1.807) is 25.1 Å². The molecule has 1 atom stereocenters. The lowest BCUT2D eigenvalue weighted by atomic mass is 10.0. The zero-order chi connectivity index (χ0) is 16.2. The van der Waals surface area contributed by atoms with E-state index in [1.807, 2.05) is 12.1 Å². The molecular formula is C17H21N3O3. The standard InChI is InChI=1S/C17H21N3O3/c1-12-11-16(19-23-12)18-17(22)8-10-20-9-2-3-15(20)13-4-6-14(21)7-5-13/h4-7,11,15,21H,2-3,8-10H2,1H3,(H,18,19,22)/t15-/m0/s1. The van der Waals surface area contributed by atoms with Gasteiger partial charge in [0.1, 0.15) is 11.5 Å². The van der Waals surface area contributed by atoms with Gasteiger partial charge in [0.05, 0.1) is 0 Å². The van der Waals surface area contributed by atoms with Crippen molar-refractivity contribution in [2.24, 2.45) is 0 Å². The van der Waals surface area contributed by atoms with Gasteiger partial charge in [-0.2, -0.15) is 0 Å². The lowest BCUT2D eigenvalue weighted by Crippen LogP contribution is -2.27. The maximum Gasteiger partial charge on any atom is 0.226 e. The largest absolute Gasteiger partial charge is 0.508 e. The van der Waals surface area contributed by atoms with E-state index in [1.165, 1.54) is 5.56 Å². The van der Waals surface area contributed by atoms with Crippen LogP contribution in [0, 0.1) is 6.92 Å². The third-order valence-corrected chi connectivity index (χ3v) is 4.16. The molecular weight excluding hydrogens is 294 g/mol. The molecule has 2 heterocycles. The van der Waals surface area contributed by atoms with Crippen LogP contribution in [0.5, 0.6) is 5.75 Å². The summed E-state index contributed by atoms with van der Waals surface area (Å²) in [7, 11) is 0. The predicted molar refractivity (Wildman–Crippen MR) is 86.1 cm³/mol. The average molecular weight is 315 g/mol. The molecule has 1 fully saturated rings. The average Bonchev–Trinajstić information content (AvgIpc) is 3.15. The van der Waals surface area contributed by atoms with E-state index >= 15 is 0 Å². The van der Waals surface area contributed by atoms with Crippen LogP contribution < -0.4 is 5.32 Å². The number of anilines is 1. The summed E-state index contributed by atoms with van der Waals surface area (Å²) >= 11 is 0. The van der Waals surface area contributed by atoms with Crippen LogP contribution in [0.15, 0.2) is 34.9 Å². The summed E-state index contributed by atoms with van der Waals surface area (Å²) in [5.41, 5.74) is 1.19. The molecule has 6 heteroatoms. The number of amides is 1. The van der Waals surface area contributed by atoms with Crippen LogP contribution in [-0.4, -0.2) is 34.2 Å². The van der Waals surface area contributed by atoms with E-state index in [2.05, 4.69) is 15.4 Å². The van der Waals surface area contributed by atoms with Crippen molar-refractivity contribution in [1.29, 1.82) is 0 Å². The third kappa shape index (κ3) is 3.90. The Morgan fingerprint density at radius 3 is 2.91 bits per heavy atom. The Morgan fingerprint density at radius 2 is 2.22 bits per heavy atom. The smallest absolute Gasteiger partial charge is 0.226 e. The number of benzene rings is 1. The molecule has 0 spiro atoms. The monoisotopic (exact) mass is 315 g/mol. The highest BCUT2D eigenvalue weighted by Crippen LogP contribution is 2.32. The van der Waals surface area contributed by atoms with E-state index in [0.717, 1.165) is 19.4 Å². The van der Waals surface area contributed by atoms with Crippen molar-refractivity contribution in [2.45, 2.75) is 32.2 Å². The van der Waals surface area contributed by atoms with Gasteiger partial charge in [-0.3, -0.25) is 9.69 Å². The first-order valence-corrected chi connectivity index (χ1v) is 7.88. The minimum Gasteiger partial charge on any atom is -0.508 e. The third-order valence-electron chi connectivity index (χ3n) is 4.16. The maximum absolute atomic E-state index is 12.0. The summed E-state index contributed by atoms with van der Waals surface area (Å²) in [6, 6.07) is 9.36. The van der Waals surface area contributed by atoms with Gasteiger partial charge in [0.2, 0.25) is 5.91 Å². The van der Waals surface area contributed by atoms with Gasteiger partial charge in [-0.25, -0.2) is 0 Å². The number of nitrogens with one attached hydrogen (secondary N) is 1. The molecule has 0 bridgehead atoms. The van der Waals surface area contributed by atoms with Crippen LogP contribution >= 0.6 is 0 Å². The number of rotatable bonds is 5. The molecule has 0 unspecified atom stereocenters. The first kappa shape index (κ1) is 15.6. The van der Waals surface area contributed by atoms with Crippen LogP contribution in [0.3, 0.4) is 0 Å². The van der Waals surface area contributed by atoms with Crippen molar-refractivity contribution in [3.63, 3.8) is 0 Å². The van der Waals surface area contributed by atoms with Crippen molar-refractivity contribution in [3.8, 4) is 5.75 Å². The van der Waals surface area contributed by atoms with Crippen molar-refractivity contribution >= 4 is 11.7 Å². The highest BCUT2D eigenvalue weighted by Gasteiger charge is 2.26. The normalized spacial score (nSPS) is 18.2. The number of aromatic nitrogens is 1. The second-order valence-corrected chi connectivity index (χ2v) is 5.91. The molecule has 122 valence electrons. The molecule has 3 rings (SSSR count). The molecule has 1 aliphatic heterocycles. The number of hydrogen-bond acceptors (Lipinski definition) is 5. The minimum atomic E-state index is -0.0605. The molecule has 2 aromatic rings. The van der Waals surface area contributed by atoms with Gasteiger partial charge < -0.3 is 14.9 Å². The first-order chi connectivity index (χ1) is 11.1. The molecule has 2 N–H and O–H groups in total. The van der Waals surface area contributed by atoms with E-state index in [4.69, 9.17) is 4.52 Å². The molecule has 1 aromatic carbocycles. The number of likely N-dealkylation sites (tertiary alicyclic amines) is 1. The number of carbonyl (C=O) groups excluding carboxylic acids is 1. The van der Waals surface area contributed by atoms with Gasteiger partial charge >= 0.3 is 0 Å². The van der Waals surface area contributed by atoms with Crippen LogP contribution in [0.2, 0.25) is 0 Å². The van der Waals surface area contributed by atoms with E-state index in [9.17, 15) is 9.90 Å². The van der Waals surface area contributed by atoms with E-state index in [-0.39, 0.29) is 11.7 Å². The summed E-state index contributed by atoms with van der Waals surface area (Å²) in [6.45, 7) is 3.48. The van der Waals surface area contributed by atoms with Crippen molar-refractivity contribution in [3.05, 3.63) is 41.7 Å². The number of phenols is 1. The Balaban J connectivity index is 1.54. The predicted octanol–water partition coefficient (Wildman–Crippen LogP) is 2.85. The van der Waals surface area contributed by atoms with Crippen molar-refractivity contribution in [2.75, 3.05) is 18.4 Å². The van der Waals surface area contributed by atoms with Crippen LogP contribution in [0.25, 0.3) is 0 Å². The van der Waals surface area contributed by atoms with Crippen LogP contribution in [0.4, 0.5) is 5.82 Å². The molecule has 1 aliphatic rings. The highest BCUT2D eigenvalue weighted by molar-refractivity contribution is 5.89. The minimum absolute atomic E-state index is 0.0605. The fourth-order valence-electron chi connectivity index (χ4n) is 3.04. The molecule has 1 saturated heterocycles. The van der Waals surface area contributed by atoms with Crippen LogP contribution in [-0.2, 0) is 4.79 Å². The zero-order valence-electron chi connectivity index (χ0n) is 13.2. The number of aromatic hydroxyl groups is 1. The molecule has 0 aliphatic carbocycles. The summed E-state index contributed by atoms with van der Waals surface area (Å²) in [6.07, 6.45) is 2.62. The Morgan fingerprint density at radius 1 is 1.43 bits per heavy atom. The summed E-state index contributed by atoms with van der Waals surface area (Å²) in [5, 5.41) is 15.9. The first-order valence-electron chi connectivity index (χ1n) is 7.88. The molecule has 6 nitrogen and oxygen atoms in total. The van der Waals surface area contributed by atoms with Crippen molar-refractivity contribution in [1.82, 2.24) is 10.1 Å². The number of aryl methyl sites for hydroxylation is 1. The molecule has 23 heavy (non-hydrogen) atoms. The van der Waals surface area contributed by atoms with Gasteiger partial charge in [0.15, 0.2) is 5.82 Å². The lowest BCUT2D eigenvalue weighted by Gasteiger charge is -2.24. The number of hydrogen-bond donors (Lipinski definition) is 2. The molecule has 0 radical (unpaired) electrons. The SMILES string of the molecule is Cc1cc(NC(=O)CCN2CCC[C@H]2c2ccc(O)cc2)no1. The van der Waals surface area contributed by atoms with E-state index < -0.39 is 0 Å².